The molecular weight excluding hydrogens is 150 g/mol. The molecule has 0 bridgehead atoms. The molecule has 0 aromatic rings. The van der Waals surface area contributed by atoms with Crippen LogP contribution in [0.4, 0.5) is 0 Å². The molecule has 1 aliphatic heterocycles. The Balaban J connectivity index is 2.18. The van der Waals surface area contributed by atoms with Crippen LogP contribution < -0.4 is 5.32 Å². The number of rotatable bonds is 4. The van der Waals surface area contributed by atoms with Gasteiger partial charge in [-0.3, -0.25) is 4.90 Å². The van der Waals surface area contributed by atoms with Crippen molar-refractivity contribution in [2.75, 3.05) is 26.2 Å². The first-order chi connectivity index (χ1) is 5.88. The van der Waals surface area contributed by atoms with E-state index >= 15 is 0 Å². The third-order valence-electron chi connectivity index (χ3n) is 2.49. The fraction of sp³-hybridized carbons (Fsp3) is 0.889. The van der Waals surface area contributed by atoms with Crippen molar-refractivity contribution in [3.63, 3.8) is 0 Å². The maximum Gasteiger partial charge on any atom is 0.0841 e. The molecule has 1 saturated heterocycles. The van der Waals surface area contributed by atoms with Crippen LogP contribution in [0.5, 0.6) is 0 Å². The van der Waals surface area contributed by atoms with Gasteiger partial charge in [0, 0.05) is 12.6 Å². The van der Waals surface area contributed by atoms with Crippen LogP contribution in [-0.4, -0.2) is 37.1 Å². The minimum atomic E-state index is 0.480. The number of likely N-dealkylation sites (N-methyl/N-ethyl adjacent to an activating group) is 1. The van der Waals surface area contributed by atoms with Crippen molar-refractivity contribution in [3.05, 3.63) is 0 Å². The zero-order chi connectivity index (χ0) is 8.81. The summed E-state index contributed by atoms with van der Waals surface area (Å²) >= 11 is 0. The van der Waals surface area contributed by atoms with Gasteiger partial charge in [-0.05, 0) is 25.9 Å². The van der Waals surface area contributed by atoms with Crippen LogP contribution in [0.3, 0.4) is 0 Å². The molecule has 1 N–H and O–H groups in total. The summed E-state index contributed by atoms with van der Waals surface area (Å²) in [6, 6.07) is 2.76. The number of nitriles is 1. The van der Waals surface area contributed by atoms with Gasteiger partial charge in [0.15, 0.2) is 0 Å². The fourth-order valence-electron chi connectivity index (χ4n) is 1.84. The van der Waals surface area contributed by atoms with Crippen molar-refractivity contribution in [1.29, 1.82) is 5.26 Å². The zero-order valence-corrected chi connectivity index (χ0v) is 7.71. The summed E-state index contributed by atoms with van der Waals surface area (Å²) in [5.41, 5.74) is 0. The second-order valence-corrected chi connectivity index (χ2v) is 3.21. The van der Waals surface area contributed by atoms with Gasteiger partial charge in [0.1, 0.15) is 0 Å². The second-order valence-electron chi connectivity index (χ2n) is 3.21. The summed E-state index contributed by atoms with van der Waals surface area (Å²) < 4.78 is 0. The Kier molecular flexibility index (Phi) is 4.06. The Bertz CT molecular complexity index is 162. The molecule has 0 radical (unpaired) electrons. The number of likely N-dealkylation sites (tertiary alicyclic amines) is 1. The van der Waals surface area contributed by atoms with Crippen molar-refractivity contribution in [2.24, 2.45) is 0 Å². The van der Waals surface area contributed by atoms with Crippen LogP contribution >= 0.6 is 0 Å². The van der Waals surface area contributed by atoms with Gasteiger partial charge in [0.25, 0.3) is 0 Å². The van der Waals surface area contributed by atoms with E-state index in [-0.39, 0.29) is 0 Å². The Labute approximate surface area is 74.4 Å². The van der Waals surface area contributed by atoms with E-state index < -0.39 is 0 Å². The first-order valence-corrected chi connectivity index (χ1v) is 4.70. The lowest BCUT2D eigenvalue weighted by Crippen LogP contribution is -2.37. The van der Waals surface area contributed by atoms with Gasteiger partial charge in [0.2, 0.25) is 0 Å². The van der Waals surface area contributed by atoms with E-state index in [4.69, 9.17) is 5.26 Å². The van der Waals surface area contributed by atoms with Gasteiger partial charge >= 0.3 is 0 Å². The molecule has 1 rings (SSSR count). The highest BCUT2D eigenvalue weighted by molar-refractivity contribution is 4.82. The normalized spacial score (nSPS) is 24.2. The number of hydrogen-bond acceptors (Lipinski definition) is 3. The average molecular weight is 167 g/mol. The summed E-state index contributed by atoms with van der Waals surface area (Å²) in [6.07, 6.45) is 2.60. The maximum atomic E-state index is 8.34. The lowest BCUT2D eigenvalue weighted by atomic mass is 10.2. The van der Waals surface area contributed by atoms with E-state index in [0.29, 0.717) is 12.6 Å². The van der Waals surface area contributed by atoms with Crippen molar-refractivity contribution in [3.8, 4) is 6.07 Å². The molecule has 3 nitrogen and oxygen atoms in total. The summed E-state index contributed by atoms with van der Waals surface area (Å²) in [6.45, 7) is 6.02. The van der Waals surface area contributed by atoms with E-state index in [1.54, 1.807) is 0 Å². The second kappa shape index (κ2) is 5.13. The van der Waals surface area contributed by atoms with E-state index in [0.717, 1.165) is 13.1 Å². The summed E-state index contributed by atoms with van der Waals surface area (Å²) in [5.74, 6) is 0. The minimum absolute atomic E-state index is 0.480. The predicted molar refractivity (Wildman–Crippen MR) is 48.8 cm³/mol. The quantitative estimate of drug-likeness (QED) is 0.492. The Morgan fingerprint density at radius 1 is 1.67 bits per heavy atom. The predicted octanol–water partition coefficient (Wildman–Crippen LogP) is 0.584. The van der Waals surface area contributed by atoms with Gasteiger partial charge in [-0.15, -0.1) is 0 Å². The van der Waals surface area contributed by atoms with E-state index in [2.05, 4.69) is 23.2 Å². The zero-order valence-electron chi connectivity index (χ0n) is 7.71. The Morgan fingerprint density at radius 3 is 3.17 bits per heavy atom. The van der Waals surface area contributed by atoms with Crippen molar-refractivity contribution < 1.29 is 0 Å². The highest BCUT2D eigenvalue weighted by atomic mass is 15.2. The molecule has 1 fully saturated rings. The highest BCUT2D eigenvalue weighted by Crippen LogP contribution is 2.15. The topological polar surface area (TPSA) is 39.1 Å². The molecule has 12 heavy (non-hydrogen) atoms. The lowest BCUT2D eigenvalue weighted by Gasteiger charge is -2.22. The first kappa shape index (κ1) is 9.50. The smallest absolute Gasteiger partial charge is 0.0841 e. The van der Waals surface area contributed by atoms with Gasteiger partial charge < -0.3 is 5.32 Å². The molecule has 1 aliphatic rings. The number of hydrogen-bond donors (Lipinski definition) is 1. The molecule has 0 spiro atoms. The SMILES string of the molecule is CCN1CCCC1CNCC#N. The molecular formula is C9H17N3. The summed E-state index contributed by atoms with van der Waals surface area (Å²) in [7, 11) is 0. The first-order valence-electron chi connectivity index (χ1n) is 4.70. The van der Waals surface area contributed by atoms with Gasteiger partial charge in [-0.1, -0.05) is 6.92 Å². The molecule has 3 heteroatoms. The van der Waals surface area contributed by atoms with Crippen LogP contribution in [-0.2, 0) is 0 Å². The van der Waals surface area contributed by atoms with Crippen molar-refractivity contribution in [2.45, 2.75) is 25.8 Å². The molecule has 1 atom stereocenters. The van der Waals surface area contributed by atoms with Gasteiger partial charge in [0.05, 0.1) is 12.6 Å². The molecule has 1 heterocycles. The van der Waals surface area contributed by atoms with Gasteiger partial charge in [-0.2, -0.15) is 5.26 Å². The minimum Gasteiger partial charge on any atom is -0.303 e. The third kappa shape index (κ3) is 2.47. The van der Waals surface area contributed by atoms with Crippen LogP contribution in [0.25, 0.3) is 0 Å². The van der Waals surface area contributed by atoms with Crippen molar-refractivity contribution >= 4 is 0 Å². The summed E-state index contributed by atoms with van der Waals surface area (Å²) in [5, 5.41) is 11.5. The van der Waals surface area contributed by atoms with Crippen molar-refractivity contribution in [1.82, 2.24) is 10.2 Å². The molecule has 0 amide bonds. The van der Waals surface area contributed by atoms with Crippen LogP contribution in [0.2, 0.25) is 0 Å². The molecule has 1 unspecified atom stereocenters. The fourth-order valence-corrected chi connectivity index (χ4v) is 1.84. The Morgan fingerprint density at radius 2 is 2.50 bits per heavy atom. The third-order valence-corrected chi connectivity index (χ3v) is 2.49. The highest BCUT2D eigenvalue weighted by Gasteiger charge is 2.21. The Hall–Kier alpha value is -0.590. The summed E-state index contributed by atoms with van der Waals surface area (Å²) in [4.78, 5) is 2.48. The molecule has 0 aromatic heterocycles. The standard InChI is InChI=1S/C9H17N3/c1-2-12-7-3-4-9(12)8-11-6-5-10/h9,11H,2-4,6-8H2,1H3. The number of nitrogens with one attached hydrogen (secondary N) is 1. The van der Waals surface area contributed by atoms with E-state index in [1.165, 1.54) is 19.4 Å². The monoisotopic (exact) mass is 167 g/mol. The average Bonchev–Trinajstić information content (AvgIpc) is 2.52. The molecule has 68 valence electrons. The van der Waals surface area contributed by atoms with Crippen LogP contribution in [0.15, 0.2) is 0 Å². The van der Waals surface area contributed by atoms with E-state index in [9.17, 15) is 0 Å². The number of nitrogens with zero attached hydrogens (tertiary/aromatic N) is 2. The largest absolute Gasteiger partial charge is 0.303 e. The van der Waals surface area contributed by atoms with Crippen LogP contribution in [0, 0.1) is 11.3 Å². The van der Waals surface area contributed by atoms with Crippen LogP contribution in [0.1, 0.15) is 19.8 Å². The molecule has 0 aliphatic carbocycles. The van der Waals surface area contributed by atoms with E-state index in [1.807, 2.05) is 0 Å². The van der Waals surface area contributed by atoms with Gasteiger partial charge in [-0.25, -0.2) is 0 Å². The molecule has 0 saturated carbocycles. The lowest BCUT2D eigenvalue weighted by molar-refractivity contribution is 0.262. The molecule has 0 aromatic carbocycles. The maximum absolute atomic E-state index is 8.34.